The Morgan fingerprint density at radius 3 is 2.40 bits per heavy atom. The molecule has 1 unspecified atom stereocenters. The quantitative estimate of drug-likeness (QED) is 0.827. The number of hydrogen-bond donors (Lipinski definition) is 2. The Labute approximate surface area is 122 Å². The van der Waals surface area contributed by atoms with Crippen molar-refractivity contribution in [1.29, 1.82) is 0 Å². The molecule has 2 fully saturated rings. The molecule has 2 rings (SSSR count). The Morgan fingerprint density at radius 1 is 1.20 bits per heavy atom. The van der Waals surface area contributed by atoms with Crippen LogP contribution in [0.2, 0.25) is 0 Å². The minimum Gasteiger partial charge on any atom is -0.396 e. The molecule has 0 bridgehead atoms. The van der Waals surface area contributed by atoms with Gasteiger partial charge in [0.1, 0.15) is 0 Å². The zero-order chi connectivity index (χ0) is 14.8. The molecule has 0 aromatic carbocycles. The summed E-state index contributed by atoms with van der Waals surface area (Å²) in [6.45, 7) is 5.51. The van der Waals surface area contributed by atoms with E-state index in [1.165, 1.54) is 6.42 Å². The van der Waals surface area contributed by atoms with Gasteiger partial charge in [-0.3, -0.25) is 0 Å². The van der Waals surface area contributed by atoms with E-state index in [0.29, 0.717) is 13.1 Å². The minimum atomic E-state index is -3.38. The van der Waals surface area contributed by atoms with Gasteiger partial charge in [-0.15, -0.1) is 0 Å². The van der Waals surface area contributed by atoms with Crippen LogP contribution >= 0.6 is 0 Å². The lowest BCUT2D eigenvalue weighted by molar-refractivity contribution is 0.163. The lowest BCUT2D eigenvalue weighted by atomic mass is 9.74. The summed E-state index contributed by atoms with van der Waals surface area (Å²) < 4.78 is 29.4. The normalized spacial score (nSPS) is 29.4. The summed E-state index contributed by atoms with van der Waals surface area (Å²) in [7, 11) is -3.38. The number of hydrogen-bond acceptors (Lipinski definition) is 3. The molecule has 0 radical (unpaired) electrons. The van der Waals surface area contributed by atoms with E-state index < -0.39 is 10.2 Å². The molecule has 2 aliphatic rings. The highest BCUT2D eigenvalue weighted by atomic mass is 32.2. The van der Waals surface area contributed by atoms with Crippen molar-refractivity contribution in [3.05, 3.63) is 0 Å². The number of piperidine rings is 1. The van der Waals surface area contributed by atoms with Crippen molar-refractivity contribution < 1.29 is 13.5 Å². The first kappa shape index (κ1) is 16.2. The first-order valence-electron chi connectivity index (χ1n) is 7.73. The fourth-order valence-electron chi connectivity index (χ4n) is 3.30. The van der Waals surface area contributed by atoms with E-state index in [1.807, 2.05) is 0 Å². The zero-order valence-corrected chi connectivity index (χ0v) is 13.5. The Kier molecular flexibility index (Phi) is 5.10. The molecule has 1 aliphatic carbocycles. The highest BCUT2D eigenvalue weighted by molar-refractivity contribution is 7.87. The molecule has 1 saturated heterocycles. The van der Waals surface area contributed by atoms with Gasteiger partial charge in [0.25, 0.3) is 10.2 Å². The van der Waals surface area contributed by atoms with Gasteiger partial charge in [0.15, 0.2) is 0 Å². The summed E-state index contributed by atoms with van der Waals surface area (Å²) >= 11 is 0. The molecule has 0 spiro atoms. The Morgan fingerprint density at radius 2 is 1.85 bits per heavy atom. The molecule has 0 aromatic heterocycles. The average molecular weight is 304 g/mol. The third-order valence-electron chi connectivity index (χ3n) is 4.97. The predicted molar refractivity (Wildman–Crippen MR) is 79.5 cm³/mol. The molecule has 118 valence electrons. The summed E-state index contributed by atoms with van der Waals surface area (Å²) in [5, 5.41) is 9.13. The fraction of sp³-hybridized carbons (Fsp3) is 1.00. The topological polar surface area (TPSA) is 69.6 Å². The molecular formula is C14H28N2O3S. The molecule has 1 heterocycles. The number of aliphatic hydroxyl groups excluding tert-OH is 1. The maximum Gasteiger partial charge on any atom is 0.279 e. The summed E-state index contributed by atoms with van der Waals surface area (Å²) in [4.78, 5) is 0. The van der Waals surface area contributed by atoms with Crippen molar-refractivity contribution in [2.45, 2.75) is 58.4 Å². The fourth-order valence-corrected chi connectivity index (χ4v) is 4.94. The number of nitrogens with zero attached hydrogens (tertiary/aromatic N) is 1. The number of rotatable bonds is 4. The van der Waals surface area contributed by atoms with Crippen LogP contribution in [-0.4, -0.2) is 43.6 Å². The van der Waals surface area contributed by atoms with Crippen LogP contribution in [0.15, 0.2) is 0 Å². The van der Waals surface area contributed by atoms with Gasteiger partial charge in [-0.1, -0.05) is 26.7 Å². The van der Waals surface area contributed by atoms with E-state index >= 15 is 0 Å². The highest BCUT2D eigenvalue weighted by Gasteiger charge is 2.37. The van der Waals surface area contributed by atoms with Gasteiger partial charge in [-0.2, -0.15) is 17.4 Å². The van der Waals surface area contributed by atoms with Gasteiger partial charge in [0, 0.05) is 25.7 Å². The third-order valence-corrected chi connectivity index (χ3v) is 6.60. The largest absolute Gasteiger partial charge is 0.396 e. The van der Waals surface area contributed by atoms with E-state index in [4.69, 9.17) is 5.11 Å². The maximum absolute atomic E-state index is 12.5. The van der Waals surface area contributed by atoms with Crippen LogP contribution in [0.1, 0.15) is 52.4 Å². The van der Waals surface area contributed by atoms with Gasteiger partial charge in [0.2, 0.25) is 0 Å². The summed E-state index contributed by atoms with van der Waals surface area (Å²) in [6.07, 6.45) is 5.80. The Bertz CT molecular complexity index is 414. The van der Waals surface area contributed by atoms with Crippen LogP contribution in [0.4, 0.5) is 0 Å². The third kappa shape index (κ3) is 3.72. The van der Waals surface area contributed by atoms with Gasteiger partial charge >= 0.3 is 0 Å². The van der Waals surface area contributed by atoms with Crippen molar-refractivity contribution in [3.8, 4) is 0 Å². The van der Waals surface area contributed by atoms with Crippen molar-refractivity contribution in [2.24, 2.45) is 11.3 Å². The lowest BCUT2D eigenvalue weighted by Gasteiger charge is -2.40. The van der Waals surface area contributed by atoms with E-state index in [1.54, 1.807) is 4.31 Å². The van der Waals surface area contributed by atoms with Crippen LogP contribution in [0.25, 0.3) is 0 Å². The van der Waals surface area contributed by atoms with Crippen molar-refractivity contribution in [2.75, 3.05) is 19.7 Å². The van der Waals surface area contributed by atoms with Crippen molar-refractivity contribution in [3.63, 3.8) is 0 Å². The van der Waals surface area contributed by atoms with Crippen molar-refractivity contribution >= 4 is 10.2 Å². The van der Waals surface area contributed by atoms with Crippen LogP contribution in [0.5, 0.6) is 0 Å². The van der Waals surface area contributed by atoms with Crippen LogP contribution < -0.4 is 4.72 Å². The van der Waals surface area contributed by atoms with Crippen molar-refractivity contribution in [1.82, 2.24) is 9.03 Å². The molecule has 0 aromatic rings. The maximum atomic E-state index is 12.5. The van der Waals surface area contributed by atoms with Gasteiger partial charge < -0.3 is 5.11 Å². The number of nitrogens with one attached hydrogen (secondary N) is 1. The van der Waals surface area contributed by atoms with E-state index in [9.17, 15) is 8.42 Å². The molecular weight excluding hydrogens is 276 g/mol. The second-order valence-corrected chi connectivity index (χ2v) is 8.64. The van der Waals surface area contributed by atoms with Crippen LogP contribution in [-0.2, 0) is 10.2 Å². The van der Waals surface area contributed by atoms with E-state index in [0.717, 1.165) is 32.1 Å². The summed E-state index contributed by atoms with van der Waals surface area (Å²) in [5.74, 6) is 0.257. The standard InChI is InChI=1S/C14H28N2O3S/c1-14(2)8-4-3-5-13(14)15-20(18,19)16-9-6-12(11-17)7-10-16/h12-13,15,17H,3-11H2,1-2H3. The molecule has 1 atom stereocenters. The summed E-state index contributed by atoms with van der Waals surface area (Å²) in [6, 6.07) is 0.0387. The second-order valence-electron chi connectivity index (χ2n) is 6.93. The minimum absolute atomic E-state index is 0.0364. The number of aliphatic hydroxyl groups is 1. The van der Waals surface area contributed by atoms with Gasteiger partial charge in [-0.25, -0.2) is 0 Å². The van der Waals surface area contributed by atoms with Gasteiger partial charge in [-0.05, 0) is 37.0 Å². The van der Waals surface area contributed by atoms with Crippen LogP contribution in [0, 0.1) is 11.3 Å². The second kappa shape index (κ2) is 6.30. The summed E-state index contributed by atoms with van der Waals surface area (Å²) in [5.41, 5.74) is 0.0364. The molecule has 1 saturated carbocycles. The molecule has 2 N–H and O–H groups in total. The SMILES string of the molecule is CC1(C)CCCCC1NS(=O)(=O)N1CCC(CO)CC1. The first-order valence-corrected chi connectivity index (χ1v) is 9.17. The molecule has 1 aliphatic heterocycles. The lowest BCUT2D eigenvalue weighted by Crippen LogP contribution is -2.53. The first-order chi connectivity index (χ1) is 9.35. The molecule has 20 heavy (non-hydrogen) atoms. The Balaban J connectivity index is 1.97. The smallest absolute Gasteiger partial charge is 0.279 e. The predicted octanol–water partition coefficient (Wildman–Crippen LogP) is 1.49. The zero-order valence-electron chi connectivity index (χ0n) is 12.6. The van der Waals surface area contributed by atoms with E-state index in [-0.39, 0.29) is 24.0 Å². The van der Waals surface area contributed by atoms with Crippen LogP contribution in [0.3, 0.4) is 0 Å². The molecule has 0 amide bonds. The molecule has 5 nitrogen and oxygen atoms in total. The van der Waals surface area contributed by atoms with Gasteiger partial charge in [0.05, 0.1) is 0 Å². The molecule has 6 heteroatoms. The Hall–Kier alpha value is -0.170. The monoisotopic (exact) mass is 304 g/mol. The highest BCUT2D eigenvalue weighted by Crippen LogP contribution is 2.36. The average Bonchev–Trinajstić information content (AvgIpc) is 2.41. The van der Waals surface area contributed by atoms with E-state index in [2.05, 4.69) is 18.6 Å².